The topological polar surface area (TPSA) is 107 Å². The molecule has 0 saturated heterocycles. The van der Waals surface area contributed by atoms with Crippen molar-refractivity contribution in [2.75, 3.05) is 5.01 Å². The molecule has 1 aromatic heterocycles. The van der Waals surface area contributed by atoms with Crippen LogP contribution in [0.1, 0.15) is 0 Å². The van der Waals surface area contributed by atoms with E-state index in [0.29, 0.717) is 0 Å². The van der Waals surface area contributed by atoms with E-state index in [1.165, 1.54) is 28.5 Å². The number of rotatable bonds is 1. The van der Waals surface area contributed by atoms with Crippen LogP contribution in [-0.2, 0) is 0 Å². The highest BCUT2D eigenvalue weighted by atomic mass is 15.7. The number of allylic oxidation sites excluding steroid dienone is 3. The number of hydrogen-bond donors (Lipinski definition) is 0. The normalized spacial score (nSPS) is 14.5. The molecule has 0 fully saturated rings. The molecule has 0 unspecified atom stereocenters. The molecule has 2 rings (SSSR count). The number of nitrogens with zero attached hydrogens (tertiary/aromatic N) is 8. The minimum atomic E-state index is 0.00278. The largest absolute Gasteiger partial charge is 0.243 e. The molecule has 0 atom stereocenters. The Balaban J connectivity index is 2.55. The van der Waals surface area contributed by atoms with Crippen LogP contribution >= 0.6 is 0 Å². The predicted molar refractivity (Wildman–Crippen MR) is 51.9 cm³/mol. The Bertz CT molecular complexity index is 550. The molecule has 8 heteroatoms. The van der Waals surface area contributed by atoms with Gasteiger partial charge in [-0.2, -0.15) is 10.5 Å². The minimum absolute atomic E-state index is 0.00278. The van der Waals surface area contributed by atoms with Crippen LogP contribution in [0.4, 0.5) is 0 Å². The molecule has 8 nitrogen and oxygen atoms in total. The highest BCUT2D eigenvalue weighted by Gasteiger charge is 2.16. The lowest BCUT2D eigenvalue weighted by molar-refractivity contribution is 0.639. The van der Waals surface area contributed by atoms with Crippen LogP contribution in [0.3, 0.4) is 0 Å². The zero-order chi connectivity index (χ0) is 11.4. The summed E-state index contributed by atoms with van der Waals surface area (Å²) in [7, 11) is 0. The average Bonchev–Trinajstić information content (AvgIpc) is 2.75. The Labute approximate surface area is 90.0 Å². The number of aromatic nitrogens is 4. The van der Waals surface area contributed by atoms with E-state index >= 15 is 0 Å². The third-order valence-corrected chi connectivity index (χ3v) is 1.74. The van der Waals surface area contributed by atoms with Gasteiger partial charge in [-0.05, 0) is 16.5 Å². The fraction of sp³-hybridized carbons (Fsp3) is 0. The van der Waals surface area contributed by atoms with E-state index in [1.807, 2.05) is 12.1 Å². The van der Waals surface area contributed by atoms with Gasteiger partial charge < -0.3 is 0 Å². The van der Waals surface area contributed by atoms with Crippen molar-refractivity contribution in [3.8, 4) is 12.1 Å². The Kier molecular flexibility index (Phi) is 2.40. The molecule has 0 aromatic carbocycles. The lowest BCUT2D eigenvalue weighted by atomic mass is 10.3. The van der Waals surface area contributed by atoms with Gasteiger partial charge in [-0.15, -0.1) is 9.89 Å². The third-order valence-electron chi connectivity index (χ3n) is 1.74. The van der Waals surface area contributed by atoms with Crippen LogP contribution in [0, 0.1) is 22.7 Å². The standard InChI is InChI=1S/C8H4N8/c9-4-7-8(5-10)15(3-1-2-11-7)16-6-12-13-14-16/h1-3,6H. The van der Waals surface area contributed by atoms with E-state index in [0.717, 1.165) is 0 Å². The molecular weight excluding hydrogens is 208 g/mol. The summed E-state index contributed by atoms with van der Waals surface area (Å²) in [4.78, 5) is 5.04. The van der Waals surface area contributed by atoms with E-state index in [4.69, 9.17) is 10.5 Å². The monoisotopic (exact) mass is 212 g/mol. The molecule has 0 spiro atoms. The molecule has 0 radical (unpaired) electrons. The summed E-state index contributed by atoms with van der Waals surface area (Å²) < 4.78 is 0. The lowest BCUT2D eigenvalue weighted by Crippen LogP contribution is -2.28. The zero-order valence-electron chi connectivity index (χ0n) is 7.89. The van der Waals surface area contributed by atoms with Crippen molar-refractivity contribution in [3.63, 3.8) is 0 Å². The van der Waals surface area contributed by atoms with Crippen molar-refractivity contribution in [1.29, 1.82) is 10.5 Å². The molecule has 1 aliphatic heterocycles. The van der Waals surface area contributed by atoms with Crippen molar-refractivity contribution >= 4 is 6.21 Å². The van der Waals surface area contributed by atoms with Gasteiger partial charge in [0.25, 0.3) is 0 Å². The van der Waals surface area contributed by atoms with Gasteiger partial charge in [0.1, 0.15) is 12.1 Å². The SMILES string of the molecule is N#CC1=C(C#N)N(n2cnnn2)C=CC=N1. The minimum Gasteiger partial charge on any atom is -0.243 e. The van der Waals surface area contributed by atoms with Gasteiger partial charge in [0, 0.05) is 12.4 Å². The van der Waals surface area contributed by atoms with Gasteiger partial charge in [0.05, 0.1) is 0 Å². The van der Waals surface area contributed by atoms with E-state index in [2.05, 4.69) is 20.5 Å². The van der Waals surface area contributed by atoms with Crippen LogP contribution in [0.2, 0.25) is 0 Å². The summed E-state index contributed by atoms with van der Waals surface area (Å²) >= 11 is 0. The van der Waals surface area contributed by atoms with Gasteiger partial charge in [-0.1, -0.05) is 0 Å². The van der Waals surface area contributed by atoms with Crippen LogP contribution < -0.4 is 5.01 Å². The molecular formula is C8H4N8. The van der Waals surface area contributed by atoms with Crippen LogP contribution in [0.15, 0.2) is 35.0 Å². The van der Waals surface area contributed by atoms with Gasteiger partial charge in [-0.3, -0.25) is 0 Å². The Morgan fingerprint density at radius 1 is 1.25 bits per heavy atom. The molecule has 76 valence electrons. The number of nitriles is 2. The number of tetrazole rings is 1. The zero-order valence-corrected chi connectivity index (χ0v) is 7.89. The second-order valence-electron chi connectivity index (χ2n) is 2.62. The maximum Gasteiger partial charge on any atom is 0.178 e. The fourth-order valence-corrected chi connectivity index (χ4v) is 1.09. The van der Waals surface area contributed by atoms with Crippen molar-refractivity contribution in [2.45, 2.75) is 0 Å². The van der Waals surface area contributed by atoms with Gasteiger partial charge in [-0.25, -0.2) is 10.0 Å². The quantitative estimate of drug-likeness (QED) is 0.619. The van der Waals surface area contributed by atoms with Crippen LogP contribution in [0.25, 0.3) is 0 Å². The fourth-order valence-electron chi connectivity index (χ4n) is 1.09. The smallest absolute Gasteiger partial charge is 0.178 e. The summed E-state index contributed by atoms with van der Waals surface area (Å²) in [6, 6.07) is 3.72. The van der Waals surface area contributed by atoms with E-state index < -0.39 is 0 Å². The second-order valence-corrected chi connectivity index (χ2v) is 2.62. The van der Waals surface area contributed by atoms with E-state index in [9.17, 15) is 0 Å². The summed E-state index contributed by atoms with van der Waals surface area (Å²) in [5.74, 6) is 0. The van der Waals surface area contributed by atoms with E-state index in [-0.39, 0.29) is 11.4 Å². The highest BCUT2D eigenvalue weighted by Crippen LogP contribution is 2.11. The molecule has 16 heavy (non-hydrogen) atoms. The van der Waals surface area contributed by atoms with Gasteiger partial charge in [0.2, 0.25) is 0 Å². The first-order chi connectivity index (χ1) is 7.86. The molecule has 1 aromatic rings. The van der Waals surface area contributed by atoms with Crippen LogP contribution in [-0.4, -0.2) is 26.5 Å². The summed E-state index contributed by atoms with van der Waals surface area (Å²) in [6.45, 7) is 0. The highest BCUT2D eigenvalue weighted by molar-refractivity contribution is 5.75. The maximum absolute atomic E-state index is 9.00. The summed E-state index contributed by atoms with van der Waals surface area (Å²) in [5.41, 5.74) is 0.0581. The molecule has 1 aliphatic rings. The summed E-state index contributed by atoms with van der Waals surface area (Å²) in [5, 5.41) is 29.7. The van der Waals surface area contributed by atoms with Gasteiger partial charge >= 0.3 is 0 Å². The summed E-state index contributed by atoms with van der Waals surface area (Å²) in [6.07, 6.45) is 5.83. The molecule has 2 heterocycles. The van der Waals surface area contributed by atoms with Crippen molar-refractivity contribution < 1.29 is 0 Å². The van der Waals surface area contributed by atoms with Crippen LogP contribution in [0.5, 0.6) is 0 Å². The van der Waals surface area contributed by atoms with Crippen molar-refractivity contribution in [2.24, 2.45) is 4.99 Å². The first-order valence-electron chi connectivity index (χ1n) is 4.14. The molecule has 0 bridgehead atoms. The average molecular weight is 212 g/mol. The molecule has 0 saturated carbocycles. The third kappa shape index (κ3) is 1.51. The van der Waals surface area contributed by atoms with Crippen molar-refractivity contribution in [1.82, 2.24) is 20.3 Å². The molecule has 0 aliphatic carbocycles. The Morgan fingerprint density at radius 2 is 2.12 bits per heavy atom. The molecule has 0 N–H and O–H groups in total. The molecule has 0 amide bonds. The predicted octanol–water partition coefficient (Wildman–Crippen LogP) is -0.532. The lowest BCUT2D eigenvalue weighted by Gasteiger charge is -2.15. The first-order valence-corrected chi connectivity index (χ1v) is 4.14. The van der Waals surface area contributed by atoms with Crippen molar-refractivity contribution in [3.05, 3.63) is 30.0 Å². The first kappa shape index (κ1) is 9.55. The Hall–Kier alpha value is -3.00. The van der Waals surface area contributed by atoms with Gasteiger partial charge in [0.15, 0.2) is 17.7 Å². The number of aliphatic imine (C=N–C) groups is 1. The Morgan fingerprint density at radius 3 is 2.75 bits per heavy atom. The van der Waals surface area contributed by atoms with E-state index in [1.54, 1.807) is 6.08 Å². The number of hydrogen-bond acceptors (Lipinski definition) is 7. The maximum atomic E-state index is 9.00. The second kappa shape index (κ2) is 4.02.